The molecule has 2 aliphatic heterocycles. The van der Waals surface area contributed by atoms with Crippen molar-refractivity contribution in [1.29, 1.82) is 5.26 Å². The second-order valence-corrected chi connectivity index (χ2v) is 12.0. The van der Waals surface area contributed by atoms with Gasteiger partial charge >= 0.3 is 5.97 Å². The topological polar surface area (TPSA) is 156 Å². The smallest absolute Gasteiger partial charge is 0.302 e. The maximum atomic E-state index is 13.3. The summed E-state index contributed by atoms with van der Waals surface area (Å²) in [6.07, 6.45) is 4.32. The van der Waals surface area contributed by atoms with Crippen LogP contribution in [0.1, 0.15) is 51.4 Å². The van der Waals surface area contributed by atoms with Gasteiger partial charge in [-0.1, -0.05) is 23.2 Å². The van der Waals surface area contributed by atoms with Crippen molar-refractivity contribution in [3.63, 3.8) is 0 Å². The SMILES string of the molecule is CC(=O)O[C@H]1CCN(/C(=N/C#N)NC[C@@H](C)NC(=O)c2c(Cl)cc3c(c2Cl)CCN(C(=O)c2cc4[nH]ncc4s2)C3)C1. The fraction of sp³-hybridized carbons (Fsp3) is 0.407. The Balaban J connectivity index is 1.21. The van der Waals surface area contributed by atoms with Crippen LogP contribution >= 0.6 is 34.5 Å². The lowest BCUT2D eigenvalue weighted by Crippen LogP contribution is -2.47. The molecule has 3 aromatic rings. The van der Waals surface area contributed by atoms with Crippen LogP contribution in [-0.2, 0) is 22.5 Å². The van der Waals surface area contributed by atoms with Crippen LogP contribution in [-0.4, -0.2) is 82.1 Å². The number of likely N-dealkylation sites (tertiary alicyclic amines) is 1. The van der Waals surface area contributed by atoms with Gasteiger partial charge in [-0.05, 0) is 36.6 Å². The van der Waals surface area contributed by atoms with Gasteiger partial charge in [-0.25, -0.2) is 0 Å². The average molecular weight is 632 g/mol. The normalized spacial score (nSPS) is 17.5. The van der Waals surface area contributed by atoms with E-state index >= 15 is 0 Å². The first-order valence-corrected chi connectivity index (χ1v) is 14.9. The maximum absolute atomic E-state index is 13.3. The van der Waals surface area contributed by atoms with Gasteiger partial charge in [-0.3, -0.25) is 19.5 Å². The Hall–Kier alpha value is -3.86. The molecular weight excluding hydrogens is 603 g/mol. The third-order valence-corrected chi connectivity index (χ3v) is 8.91. The Morgan fingerprint density at radius 3 is 2.86 bits per heavy atom. The molecular formula is C27H28Cl2N8O4S. The molecule has 0 saturated carbocycles. The standard InChI is InChI=1S/C27H28Cl2N8O4S/c1-14(9-31-27(32-13-30)37-5-3-17(12-37)41-15(2)38)34-25(39)23-19(28)7-16-11-36(6-4-18(16)24(23)29)26(40)21-8-20-22(42-21)10-33-35-20/h7-8,10,14,17H,3-6,9,11-12H2,1-2H3,(H,31,32)(H,33,35)(H,34,39)/t14-,17+/m1/s1. The molecule has 0 bridgehead atoms. The van der Waals surface area contributed by atoms with E-state index in [-0.39, 0.29) is 46.2 Å². The monoisotopic (exact) mass is 630 g/mol. The first-order chi connectivity index (χ1) is 20.1. The summed E-state index contributed by atoms with van der Waals surface area (Å²) in [7, 11) is 0. The second kappa shape index (κ2) is 12.6. The van der Waals surface area contributed by atoms with Gasteiger partial charge in [0.2, 0.25) is 12.2 Å². The van der Waals surface area contributed by atoms with Crippen LogP contribution < -0.4 is 10.6 Å². The number of H-pyrrole nitrogens is 1. The highest BCUT2D eigenvalue weighted by atomic mass is 35.5. The van der Waals surface area contributed by atoms with Crippen molar-refractivity contribution in [2.75, 3.05) is 26.2 Å². The number of esters is 1. The molecule has 2 atom stereocenters. The van der Waals surface area contributed by atoms with Crippen molar-refractivity contribution < 1.29 is 19.1 Å². The van der Waals surface area contributed by atoms with Gasteiger partial charge < -0.3 is 25.2 Å². The number of halogens is 2. The van der Waals surface area contributed by atoms with Gasteiger partial charge in [0.05, 0.1) is 43.4 Å². The highest BCUT2D eigenvalue weighted by Crippen LogP contribution is 2.35. The van der Waals surface area contributed by atoms with E-state index in [2.05, 4.69) is 25.8 Å². The molecule has 4 heterocycles. The second-order valence-electron chi connectivity index (χ2n) is 10.2. The fourth-order valence-corrected chi connectivity index (χ4v) is 6.87. The van der Waals surface area contributed by atoms with Crippen LogP contribution in [0.2, 0.25) is 10.0 Å². The fourth-order valence-electron chi connectivity index (χ4n) is 5.16. The molecule has 1 fully saturated rings. The summed E-state index contributed by atoms with van der Waals surface area (Å²) in [6.45, 7) is 5.19. The summed E-state index contributed by atoms with van der Waals surface area (Å²) >= 11 is 14.7. The molecule has 12 nitrogen and oxygen atoms in total. The molecule has 15 heteroatoms. The van der Waals surface area contributed by atoms with Crippen LogP contribution in [0.25, 0.3) is 10.2 Å². The first-order valence-electron chi connectivity index (χ1n) is 13.3. The van der Waals surface area contributed by atoms with Crippen molar-refractivity contribution >= 4 is 68.5 Å². The molecule has 0 unspecified atom stereocenters. The lowest BCUT2D eigenvalue weighted by molar-refractivity contribution is -0.145. The van der Waals surface area contributed by atoms with Crippen molar-refractivity contribution in [3.8, 4) is 6.19 Å². The van der Waals surface area contributed by atoms with E-state index in [9.17, 15) is 14.4 Å². The van der Waals surface area contributed by atoms with Crippen LogP contribution in [0.15, 0.2) is 23.3 Å². The summed E-state index contributed by atoms with van der Waals surface area (Å²) in [5.74, 6) is -0.530. The molecule has 0 spiro atoms. The Kier molecular flexibility index (Phi) is 8.86. The number of ether oxygens (including phenoxy) is 1. The van der Waals surface area contributed by atoms with Crippen LogP contribution in [0, 0.1) is 11.5 Å². The summed E-state index contributed by atoms with van der Waals surface area (Å²) in [5.41, 5.74) is 2.60. The molecule has 2 aromatic heterocycles. The number of aromatic nitrogens is 2. The Labute approximate surface area is 255 Å². The predicted octanol–water partition coefficient (Wildman–Crippen LogP) is 3.31. The molecule has 3 N–H and O–H groups in total. The third-order valence-electron chi connectivity index (χ3n) is 7.13. The molecule has 1 saturated heterocycles. The summed E-state index contributed by atoms with van der Waals surface area (Å²) < 4.78 is 6.17. The number of guanidine groups is 1. The Morgan fingerprint density at radius 1 is 1.31 bits per heavy atom. The minimum atomic E-state index is -0.433. The quantitative estimate of drug-likeness (QED) is 0.162. The number of benzene rings is 1. The van der Waals surface area contributed by atoms with Crippen LogP contribution in [0.3, 0.4) is 0 Å². The van der Waals surface area contributed by atoms with E-state index in [0.29, 0.717) is 49.9 Å². The van der Waals surface area contributed by atoms with Gasteiger partial charge in [-0.2, -0.15) is 10.4 Å². The molecule has 220 valence electrons. The number of aliphatic imine (C=N–C) groups is 1. The minimum absolute atomic E-state index is 0.0826. The Bertz CT molecular complexity index is 1580. The predicted molar refractivity (Wildman–Crippen MR) is 159 cm³/mol. The zero-order valence-electron chi connectivity index (χ0n) is 22.9. The average Bonchev–Trinajstić information content (AvgIpc) is 3.67. The number of amides is 2. The van der Waals surface area contributed by atoms with Gasteiger partial charge in [0.25, 0.3) is 11.8 Å². The molecule has 0 radical (unpaired) electrons. The van der Waals surface area contributed by atoms with Crippen molar-refractivity contribution in [3.05, 3.63) is 49.9 Å². The molecule has 5 rings (SSSR count). The number of nitriles is 1. The number of fused-ring (bicyclic) bond motifs is 2. The van der Waals surface area contributed by atoms with Crippen molar-refractivity contribution in [1.82, 2.24) is 30.6 Å². The number of hydrogen-bond donors (Lipinski definition) is 3. The third kappa shape index (κ3) is 6.30. The number of carbonyl (C=O) groups excluding carboxylic acids is 3. The Morgan fingerprint density at radius 2 is 2.12 bits per heavy atom. The maximum Gasteiger partial charge on any atom is 0.302 e. The zero-order valence-corrected chi connectivity index (χ0v) is 25.2. The number of thiophene rings is 1. The highest BCUT2D eigenvalue weighted by molar-refractivity contribution is 7.20. The van der Waals surface area contributed by atoms with Gasteiger partial charge in [0, 0.05) is 45.6 Å². The highest BCUT2D eigenvalue weighted by Gasteiger charge is 2.30. The molecule has 2 aliphatic rings. The van der Waals surface area contributed by atoms with Crippen molar-refractivity contribution in [2.24, 2.45) is 4.99 Å². The van der Waals surface area contributed by atoms with E-state index in [1.165, 1.54) is 18.3 Å². The van der Waals surface area contributed by atoms with E-state index in [0.717, 1.165) is 21.3 Å². The lowest BCUT2D eigenvalue weighted by Gasteiger charge is -2.30. The number of aromatic amines is 1. The minimum Gasteiger partial charge on any atom is -0.461 e. The van der Waals surface area contributed by atoms with E-state index in [1.807, 2.05) is 4.90 Å². The number of hydrogen-bond acceptors (Lipinski definition) is 8. The van der Waals surface area contributed by atoms with Crippen LogP contribution in [0.4, 0.5) is 0 Å². The lowest BCUT2D eigenvalue weighted by atomic mass is 9.96. The van der Waals surface area contributed by atoms with Gasteiger partial charge in [0.15, 0.2) is 0 Å². The van der Waals surface area contributed by atoms with Gasteiger partial charge in [0.1, 0.15) is 6.10 Å². The van der Waals surface area contributed by atoms with E-state index in [1.54, 1.807) is 36.3 Å². The number of nitrogens with zero attached hydrogens (tertiary/aromatic N) is 5. The zero-order chi connectivity index (χ0) is 30.0. The number of nitrogens with one attached hydrogen (secondary N) is 3. The van der Waals surface area contributed by atoms with Gasteiger partial charge in [-0.15, -0.1) is 16.3 Å². The summed E-state index contributed by atoms with van der Waals surface area (Å²) in [6, 6.07) is 3.12. The largest absolute Gasteiger partial charge is 0.461 e. The molecule has 0 aliphatic carbocycles. The molecule has 2 amide bonds. The summed E-state index contributed by atoms with van der Waals surface area (Å²) in [4.78, 5) is 45.7. The van der Waals surface area contributed by atoms with Crippen molar-refractivity contribution in [2.45, 2.75) is 45.4 Å². The molecule has 1 aromatic carbocycles. The van der Waals surface area contributed by atoms with Crippen LogP contribution in [0.5, 0.6) is 0 Å². The molecule has 42 heavy (non-hydrogen) atoms. The van der Waals surface area contributed by atoms with E-state index in [4.69, 9.17) is 33.2 Å². The summed E-state index contributed by atoms with van der Waals surface area (Å²) in [5, 5.41) is 22.5. The van der Waals surface area contributed by atoms with E-state index < -0.39 is 5.91 Å². The first kappa shape index (κ1) is 29.6. The number of carbonyl (C=O) groups is 3. The number of rotatable bonds is 6.